The molecule has 0 bridgehead atoms. The fraction of sp³-hybridized carbons (Fsp3) is 0.480. The summed E-state index contributed by atoms with van der Waals surface area (Å²) in [6.45, 7) is 2.01. The summed E-state index contributed by atoms with van der Waals surface area (Å²) in [5.41, 5.74) is 3.61. The number of carboxylic acids is 1. The van der Waals surface area contributed by atoms with Gasteiger partial charge in [-0.2, -0.15) is 0 Å². The molecule has 9 nitrogen and oxygen atoms in total. The summed E-state index contributed by atoms with van der Waals surface area (Å²) >= 11 is 5.98. The van der Waals surface area contributed by atoms with E-state index in [1.54, 1.807) is 17.3 Å². The minimum absolute atomic E-state index is 0.00873. The van der Waals surface area contributed by atoms with E-state index >= 15 is 0 Å². The zero-order valence-electron chi connectivity index (χ0n) is 19.8. The predicted octanol–water partition coefficient (Wildman–Crippen LogP) is 4.79. The molecule has 1 aromatic carbocycles. The smallest absolute Gasteiger partial charge is 0.414 e. The molecule has 0 saturated heterocycles. The minimum atomic E-state index is -0.748. The van der Waals surface area contributed by atoms with Crippen LogP contribution >= 0.6 is 11.6 Å². The van der Waals surface area contributed by atoms with Gasteiger partial charge in [-0.25, -0.2) is 19.7 Å². The van der Waals surface area contributed by atoms with Gasteiger partial charge >= 0.3 is 12.1 Å². The Kier molecular flexibility index (Phi) is 6.35. The molecule has 1 fully saturated rings. The molecule has 5 rings (SSSR count). The number of hydrogen-bond donors (Lipinski definition) is 1. The van der Waals surface area contributed by atoms with Crippen LogP contribution in [0.4, 0.5) is 10.5 Å². The van der Waals surface area contributed by atoms with Crippen LogP contribution in [0.1, 0.15) is 62.3 Å². The molecule has 1 amide bonds. The van der Waals surface area contributed by atoms with Gasteiger partial charge in [0.05, 0.1) is 41.2 Å². The number of nitrogens with zero attached hydrogens (tertiary/aromatic N) is 5. The molecule has 1 saturated carbocycles. The first-order chi connectivity index (χ1) is 16.9. The molecule has 2 aliphatic rings. The number of methoxy groups -OCH3 is 1. The highest BCUT2D eigenvalue weighted by atomic mass is 35.5. The minimum Gasteiger partial charge on any atom is -0.481 e. The van der Waals surface area contributed by atoms with Crippen molar-refractivity contribution in [1.82, 2.24) is 19.5 Å². The van der Waals surface area contributed by atoms with Gasteiger partial charge < -0.3 is 14.4 Å². The molecule has 1 N–H and O–H groups in total. The Labute approximate surface area is 208 Å². The van der Waals surface area contributed by atoms with Gasteiger partial charge in [-0.05, 0) is 51.2 Å². The maximum atomic E-state index is 12.6. The number of aliphatic carboxylic acids is 1. The van der Waals surface area contributed by atoms with E-state index in [2.05, 4.69) is 14.5 Å². The molecule has 10 heteroatoms. The van der Waals surface area contributed by atoms with Crippen LogP contribution in [0.25, 0.3) is 11.0 Å². The summed E-state index contributed by atoms with van der Waals surface area (Å²) in [5, 5.41) is 10.1. The van der Waals surface area contributed by atoms with E-state index in [-0.39, 0.29) is 24.1 Å². The Morgan fingerprint density at radius 3 is 2.69 bits per heavy atom. The number of carbonyl (C=O) groups excluding carboxylic acids is 1. The number of rotatable bonds is 4. The number of imidazole rings is 1. The zero-order chi connectivity index (χ0) is 24.7. The third-order valence-electron chi connectivity index (χ3n) is 7.25. The third-order valence-corrected chi connectivity index (χ3v) is 7.45. The fourth-order valence-electron chi connectivity index (χ4n) is 5.55. The number of amides is 1. The average Bonchev–Trinajstić information content (AvgIpc) is 3.23. The molecule has 0 spiro atoms. The van der Waals surface area contributed by atoms with Gasteiger partial charge in [-0.3, -0.25) is 9.69 Å². The van der Waals surface area contributed by atoms with Gasteiger partial charge in [0.2, 0.25) is 0 Å². The summed E-state index contributed by atoms with van der Waals surface area (Å²) in [6, 6.07) is 3.98. The molecular weight excluding hydrogens is 470 g/mol. The predicted molar refractivity (Wildman–Crippen MR) is 131 cm³/mol. The highest BCUT2D eigenvalue weighted by molar-refractivity contribution is 6.30. The van der Waals surface area contributed by atoms with E-state index in [0.717, 1.165) is 53.8 Å². The third kappa shape index (κ3) is 4.33. The van der Waals surface area contributed by atoms with Crippen molar-refractivity contribution in [2.75, 3.05) is 12.0 Å². The number of halogens is 1. The molecule has 3 atom stereocenters. The first kappa shape index (κ1) is 23.5. The van der Waals surface area contributed by atoms with Crippen molar-refractivity contribution in [3.63, 3.8) is 0 Å². The number of aryl methyl sites for hydroxylation is 1. The maximum absolute atomic E-state index is 12.6. The Hall–Kier alpha value is -3.20. The molecule has 35 heavy (non-hydrogen) atoms. The van der Waals surface area contributed by atoms with Crippen molar-refractivity contribution in [2.45, 2.75) is 64.0 Å². The lowest BCUT2D eigenvalue weighted by Crippen LogP contribution is -2.42. The maximum Gasteiger partial charge on any atom is 0.414 e. The van der Waals surface area contributed by atoms with Crippen LogP contribution in [0, 0.1) is 5.92 Å². The Morgan fingerprint density at radius 1 is 1.20 bits per heavy atom. The van der Waals surface area contributed by atoms with Crippen LogP contribution in [0.2, 0.25) is 5.02 Å². The van der Waals surface area contributed by atoms with Crippen LogP contribution in [0.5, 0.6) is 0 Å². The van der Waals surface area contributed by atoms with Crippen molar-refractivity contribution >= 4 is 40.4 Å². The van der Waals surface area contributed by atoms with E-state index < -0.39 is 5.97 Å². The number of carboxylic acid groups (broad SMARTS) is 1. The van der Waals surface area contributed by atoms with Gasteiger partial charge in [-0.1, -0.05) is 18.0 Å². The quantitative estimate of drug-likeness (QED) is 0.551. The van der Waals surface area contributed by atoms with Crippen LogP contribution in [-0.4, -0.2) is 49.8 Å². The van der Waals surface area contributed by atoms with Crippen LogP contribution < -0.4 is 4.90 Å². The molecule has 0 radical (unpaired) electrons. The van der Waals surface area contributed by atoms with Crippen LogP contribution in [0.3, 0.4) is 0 Å². The van der Waals surface area contributed by atoms with E-state index in [1.165, 1.54) is 7.11 Å². The highest BCUT2D eigenvalue weighted by Gasteiger charge is 2.34. The standard InChI is InChI=1S/C25H28ClN5O4/c1-14-6-7-18-19(30(14)25(34)35-2)8-9-20-23(18)29-22(11-21-27-12-16(26)13-28-21)31(20)17-5-3-4-15(10-17)24(32)33/h8-9,12-15,17H,3-7,10-11H2,1-2H3,(H,32,33)/t14-,15+,17+/m0/s1. The van der Waals surface area contributed by atoms with Gasteiger partial charge in [-0.15, -0.1) is 0 Å². The second kappa shape index (κ2) is 9.45. The van der Waals surface area contributed by atoms with Gasteiger partial charge in [0.15, 0.2) is 0 Å². The lowest BCUT2D eigenvalue weighted by Gasteiger charge is -2.34. The lowest BCUT2D eigenvalue weighted by molar-refractivity contribution is -0.143. The van der Waals surface area contributed by atoms with Crippen molar-refractivity contribution in [3.05, 3.63) is 46.8 Å². The molecule has 1 aliphatic carbocycles. The lowest BCUT2D eigenvalue weighted by atomic mass is 9.85. The number of anilines is 1. The second-order valence-corrected chi connectivity index (χ2v) is 9.84. The Bertz CT molecular complexity index is 1280. The molecule has 3 aromatic rings. The molecule has 1 aliphatic heterocycles. The first-order valence-electron chi connectivity index (χ1n) is 12.0. The average molecular weight is 498 g/mol. The fourth-order valence-corrected chi connectivity index (χ4v) is 5.65. The van der Waals surface area contributed by atoms with Crippen molar-refractivity contribution in [1.29, 1.82) is 0 Å². The summed E-state index contributed by atoms with van der Waals surface area (Å²) in [7, 11) is 1.39. The molecule has 0 unspecified atom stereocenters. The van der Waals surface area contributed by atoms with Crippen molar-refractivity contribution < 1.29 is 19.4 Å². The van der Waals surface area contributed by atoms with E-state index in [0.29, 0.717) is 30.1 Å². The van der Waals surface area contributed by atoms with Crippen molar-refractivity contribution in [2.24, 2.45) is 5.92 Å². The number of hydrogen-bond acceptors (Lipinski definition) is 6. The molecule has 3 heterocycles. The molecule has 184 valence electrons. The van der Waals surface area contributed by atoms with E-state index in [9.17, 15) is 14.7 Å². The SMILES string of the molecule is COC(=O)N1c2ccc3c(nc(Cc4ncc(Cl)cn4)n3[C@@H]3CCC[C@@H](C(=O)O)C3)c2CC[C@@H]1C. The van der Waals surface area contributed by atoms with Crippen molar-refractivity contribution in [3.8, 4) is 0 Å². The summed E-state index contributed by atoms with van der Waals surface area (Å²) < 4.78 is 7.24. The van der Waals surface area contributed by atoms with Gasteiger partial charge in [0, 0.05) is 30.0 Å². The largest absolute Gasteiger partial charge is 0.481 e. The van der Waals surface area contributed by atoms with E-state index in [4.69, 9.17) is 21.3 Å². The van der Waals surface area contributed by atoms with Crippen LogP contribution in [-0.2, 0) is 22.4 Å². The number of benzene rings is 1. The Balaban J connectivity index is 1.65. The zero-order valence-corrected chi connectivity index (χ0v) is 20.5. The number of aromatic nitrogens is 4. The van der Waals surface area contributed by atoms with Gasteiger partial charge in [0.25, 0.3) is 0 Å². The normalized spacial score (nSPS) is 22.1. The highest BCUT2D eigenvalue weighted by Crippen LogP contribution is 2.40. The van der Waals surface area contributed by atoms with Gasteiger partial charge in [0.1, 0.15) is 11.6 Å². The summed E-state index contributed by atoms with van der Waals surface area (Å²) in [6.07, 6.45) is 7.70. The number of carbonyl (C=O) groups is 2. The summed E-state index contributed by atoms with van der Waals surface area (Å²) in [5.74, 6) is 0.256. The van der Waals surface area contributed by atoms with E-state index in [1.807, 2.05) is 19.1 Å². The first-order valence-corrected chi connectivity index (χ1v) is 12.3. The monoisotopic (exact) mass is 497 g/mol. The number of ether oxygens (including phenoxy) is 1. The molecular formula is C25H28ClN5O4. The topological polar surface area (TPSA) is 110 Å². The number of fused-ring (bicyclic) bond motifs is 3. The summed E-state index contributed by atoms with van der Waals surface area (Å²) in [4.78, 5) is 39.8. The Morgan fingerprint density at radius 2 is 1.97 bits per heavy atom. The van der Waals surface area contributed by atoms with Crippen LogP contribution in [0.15, 0.2) is 24.5 Å². The molecule has 2 aromatic heterocycles. The second-order valence-electron chi connectivity index (χ2n) is 9.41.